The SMILES string of the molecule is Cc1ccccc1N(C)S(=O)(=O)c1cccc(C(=O)N2CCCCCC2)c1. The van der Waals surface area contributed by atoms with Crippen LogP contribution in [0.4, 0.5) is 5.69 Å². The van der Waals surface area contributed by atoms with E-state index in [2.05, 4.69) is 0 Å². The highest BCUT2D eigenvalue weighted by Crippen LogP contribution is 2.26. The van der Waals surface area contributed by atoms with Crippen LogP contribution in [0.15, 0.2) is 53.4 Å². The topological polar surface area (TPSA) is 57.7 Å². The predicted octanol–water partition coefficient (Wildman–Crippen LogP) is 3.84. The average molecular weight is 387 g/mol. The zero-order valence-electron chi connectivity index (χ0n) is 15.9. The van der Waals surface area contributed by atoms with Gasteiger partial charge in [0.2, 0.25) is 0 Å². The van der Waals surface area contributed by atoms with E-state index >= 15 is 0 Å². The van der Waals surface area contributed by atoms with E-state index in [1.807, 2.05) is 30.0 Å². The fraction of sp³-hybridized carbons (Fsp3) is 0.381. The van der Waals surface area contributed by atoms with E-state index in [9.17, 15) is 13.2 Å². The van der Waals surface area contributed by atoms with Gasteiger partial charge in [-0.05, 0) is 49.6 Å². The molecule has 0 unspecified atom stereocenters. The molecule has 0 bridgehead atoms. The van der Waals surface area contributed by atoms with Gasteiger partial charge in [-0.3, -0.25) is 9.10 Å². The third-order valence-corrected chi connectivity index (χ3v) is 6.85. The highest BCUT2D eigenvalue weighted by molar-refractivity contribution is 7.92. The number of rotatable bonds is 4. The maximum atomic E-state index is 13.1. The molecule has 1 amide bonds. The van der Waals surface area contributed by atoms with Gasteiger partial charge in [0.1, 0.15) is 0 Å². The minimum atomic E-state index is -3.75. The Labute approximate surface area is 161 Å². The number of hydrogen-bond acceptors (Lipinski definition) is 3. The van der Waals surface area contributed by atoms with Crippen LogP contribution in [-0.4, -0.2) is 39.4 Å². The number of para-hydroxylation sites is 1. The molecule has 1 aliphatic rings. The molecule has 0 aliphatic carbocycles. The summed E-state index contributed by atoms with van der Waals surface area (Å²) >= 11 is 0. The van der Waals surface area contributed by atoms with Crippen molar-refractivity contribution in [1.29, 1.82) is 0 Å². The van der Waals surface area contributed by atoms with Crippen LogP contribution in [0.25, 0.3) is 0 Å². The fourth-order valence-electron chi connectivity index (χ4n) is 3.45. The first-order valence-electron chi connectivity index (χ1n) is 9.35. The Balaban J connectivity index is 1.90. The summed E-state index contributed by atoms with van der Waals surface area (Å²) < 4.78 is 27.5. The normalized spacial score (nSPS) is 15.3. The minimum absolute atomic E-state index is 0.0903. The van der Waals surface area contributed by atoms with Gasteiger partial charge in [0.05, 0.1) is 10.6 Å². The molecule has 5 nitrogen and oxygen atoms in total. The zero-order chi connectivity index (χ0) is 19.4. The molecule has 6 heteroatoms. The second-order valence-corrected chi connectivity index (χ2v) is 8.96. The first kappa shape index (κ1) is 19.4. The third-order valence-electron chi connectivity index (χ3n) is 5.09. The number of likely N-dealkylation sites (tertiary alicyclic amines) is 1. The second-order valence-electron chi connectivity index (χ2n) is 6.99. The first-order chi connectivity index (χ1) is 12.9. The molecule has 0 spiro atoms. The Morgan fingerprint density at radius 2 is 1.63 bits per heavy atom. The lowest BCUT2D eigenvalue weighted by Crippen LogP contribution is -2.32. The lowest BCUT2D eigenvalue weighted by molar-refractivity contribution is 0.0761. The number of aryl methyl sites for hydroxylation is 1. The Morgan fingerprint density at radius 3 is 2.30 bits per heavy atom. The summed E-state index contributed by atoms with van der Waals surface area (Å²) in [5, 5.41) is 0. The van der Waals surface area contributed by atoms with Crippen molar-refractivity contribution in [3.05, 3.63) is 59.7 Å². The van der Waals surface area contributed by atoms with Crippen molar-refractivity contribution in [2.24, 2.45) is 0 Å². The van der Waals surface area contributed by atoms with Crippen molar-refractivity contribution in [3.8, 4) is 0 Å². The van der Waals surface area contributed by atoms with Crippen molar-refractivity contribution in [3.63, 3.8) is 0 Å². The van der Waals surface area contributed by atoms with E-state index in [1.165, 1.54) is 10.4 Å². The molecule has 1 fully saturated rings. The molecule has 27 heavy (non-hydrogen) atoms. The lowest BCUT2D eigenvalue weighted by Gasteiger charge is -2.23. The number of carbonyl (C=O) groups is 1. The van der Waals surface area contributed by atoms with E-state index in [1.54, 1.807) is 31.3 Å². The number of anilines is 1. The van der Waals surface area contributed by atoms with Crippen LogP contribution < -0.4 is 4.31 Å². The molecular weight excluding hydrogens is 360 g/mol. The van der Waals surface area contributed by atoms with Crippen LogP contribution in [0.2, 0.25) is 0 Å². The first-order valence-corrected chi connectivity index (χ1v) is 10.8. The van der Waals surface area contributed by atoms with E-state index < -0.39 is 10.0 Å². The summed E-state index contributed by atoms with van der Waals surface area (Å²) in [6, 6.07) is 13.7. The Hall–Kier alpha value is -2.34. The maximum Gasteiger partial charge on any atom is 0.264 e. The van der Waals surface area contributed by atoms with E-state index in [4.69, 9.17) is 0 Å². The number of nitrogens with zero attached hydrogens (tertiary/aromatic N) is 2. The Kier molecular flexibility index (Phi) is 5.85. The number of hydrogen-bond donors (Lipinski definition) is 0. The van der Waals surface area contributed by atoms with Crippen molar-refractivity contribution in [2.45, 2.75) is 37.5 Å². The standard InChI is InChI=1S/C21H26N2O3S/c1-17-10-5-6-13-20(17)22(2)27(25,26)19-12-9-11-18(16-19)21(24)23-14-7-3-4-8-15-23/h5-6,9-13,16H,3-4,7-8,14-15H2,1-2H3. The predicted molar refractivity (Wildman–Crippen MR) is 108 cm³/mol. The zero-order valence-corrected chi connectivity index (χ0v) is 16.7. The number of benzene rings is 2. The van der Waals surface area contributed by atoms with Gasteiger partial charge in [0.25, 0.3) is 15.9 Å². The number of carbonyl (C=O) groups excluding carboxylic acids is 1. The lowest BCUT2D eigenvalue weighted by atomic mass is 10.2. The van der Waals surface area contributed by atoms with Gasteiger partial charge in [0.15, 0.2) is 0 Å². The molecule has 1 heterocycles. The minimum Gasteiger partial charge on any atom is -0.339 e. The summed E-state index contributed by atoms with van der Waals surface area (Å²) in [4.78, 5) is 14.8. The highest BCUT2D eigenvalue weighted by Gasteiger charge is 2.24. The van der Waals surface area contributed by atoms with Gasteiger partial charge < -0.3 is 4.90 Å². The summed E-state index contributed by atoms with van der Waals surface area (Å²) in [6.45, 7) is 3.35. The van der Waals surface area contributed by atoms with Crippen LogP contribution in [0.1, 0.15) is 41.6 Å². The van der Waals surface area contributed by atoms with E-state index in [0.29, 0.717) is 11.3 Å². The van der Waals surface area contributed by atoms with Crippen LogP contribution >= 0.6 is 0 Å². The highest BCUT2D eigenvalue weighted by atomic mass is 32.2. The van der Waals surface area contributed by atoms with Gasteiger partial charge in [-0.25, -0.2) is 8.42 Å². The molecule has 0 saturated carbocycles. The molecule has 1 aliphatic heterocycles. The molecule has 2 aromatic rings. The molecule has 1 saturated heterocycles. The van der Waals surface area contributed by atoms with E-state index in [0.717, 1.165) is 44.3 Å². The fourth-order valence-corrected chi connectivity index (χ4v) is 4.76. The number of amides is 1. The van der Waals surface area contributed by atoms with Crippen molar-refractivity contribution in [1.82, 2.24) is 4.90 Å². The average Bonchev–Trinajstić information content (AvgIpc) is 2.97. The van der Waals surface area contributed by atoms with Crippen LogP contribution in [0.5, 0.6) is 0 Å². The summed E-state index contributed by atoms with van der Waals surface area (Å²) in [5.41, 5.74) is 1.93. The second kappa shape index (κ2) is 8.13. The summed E-state index contributed by atoms with van der Waals surface area (Å²) in [6.07, 6.45) is 4.28. The third kappa shape index (κ3) is 4.16. The van der Waals surface area contributed by atoms with Crippen LogP contribution in [-0.2, 0) is 10.0 Å². The number of sulfonamides is 1. The molecule has 0 radical (unpaired) electrons. The Bertz CT molecular complexity index is 917. The van der Waals surface area contributed by atoms with Crippen LogP contribution in [0, 0.1) is 6.92 Å². The summed E-state index contributed by atoms with van der Waals surface area (Å²) in [7, 11) is -2.20. The largest absolute Gasteiger partial charge is 0.339 e. The van der Waals surface area contributed by atoms with Gasteiger partial charge in [-0.15, -0.1) is 0 Å². The van der Waals surface area contributed by atoms with Crippen molar-refractivity contribution < 1.29 is 13.2 Å². The van der Waals surface area contributed by atoms with Crippen molar-refractivity contribution in [2.75, 3.05) is 24.4 Å². The molecule has 144 valence electrons. The molecule has 3 rings (SSSR count). The molecule has 0 aromatic heterocycles. The van der Waals surface area contributed by atoms with Crippen molar-refractivity contribution >= 4 is 21.6 Å². The summed E-state index contributed by atoms with van der Waals surface area (Å²) in [5.74, 6) is -0.0903. The maximum absolute atomic E-state index is 13.1. The molecule has 0 N–H and O–H groups in total. The monoisotopic (exact) mass is 386 g/mol. The molecule has 0 atom stereocenters. The van der Waals surface area contributed by atoms with Gasteiger partial charge >= 0.3 is 0 Å². The quantitative estimate of drug-likeness (QED) is 0.802. The van der Waals surface area contributed by atoms with E-state index in [-0.39, 0.29) is 10.8 Å². The smallest absolute Gasteiger partial charge is 0.264 e. The molecule has 2 aromatic carbocycles. The van der Waals surface area contributed by atoms with Gasteiger partial charge in [0, 0.05) is 25.7 Å². The Morgan fingerprint density at radius 1 is 0.963 bits per heavy atom. The van der Waals surface area contributed by atoms with Crippen LogP contribution in [0.3, 0.4) is 0 Å². The van der Waals surface area contributed by atoms with Gasteiger partial charge in [-0.1, -0.05) is 37.1 Å². The molecular formula is C21H26N2O3S. The van der Waals surface area contributed by atoms with Gasteiger partial charge in [-0.2, -0.15) is 0 Å².